The highest BCUT2D eigenvalue weighted by atomic mass is 32.1. The Morgan fingerprint density at radius 2 is 2.30 bits per heavy atom. The Bertz CT molecular complexity index is 596. The molecule has 0 saturated carbocycles. The van der Waals surface area contributed by atoms with Crippen LogP contribution in [0.5, 0.6) is 0 Å². The first kappa shape index (κ1) is 14.3. The highest BCUT2D eigenvalue weighted by Crippen LogP contribution is 2.20. The van der Waals surface area contributed by atoms with Gasteiger partial charge in [-0.25, -0.2) is 9.78 Å². The molecule has 0 radical (unpaired) electrons. The second-order valence-electron chi connectivity index (χ2n) is 4.46. The first-order valence-electron chi connectivity index (χ1n) is 6.46. The molecule has 0 bridgehead atoms. The normalized spacial score (nSPS) is 11.9. The van der Waals surface area contributed by atoms with Crippen molar-refractivity contribution in [3.05, 3.63) is 40.3 Å². The Balaban J connectivity index is 1.94. The Hall–Kier alpha value is -2.08. The van der Waals surface area contributed by atoms with Crippen molar-refractivity contribution in [2.45, 2.75) is 26.3 Å². The molecule has 1 aromatic carbocycles. The molecular formula is C14H18N4OS. The molecule has 2 amide bonds. The van der Waals surface area contributed by atoms with Crippen LogP contribution in [-0.4, -0.2) is 11.0 Å². The highest BCUT2D eigenvalue weighted by molar-refractivity contribution is 7.11. The van der Waals surface area contributed by atoms with Gasteiger partial charge in [0, 0.05) is 22.4 Å². The number of hydrogen-bond donors (Lipinski definition) is 3. The van der Waals surface area contributed by atoms with Crippen LogP contribution in [-0.2, 0) is 6.42 Å². The number of benzene rings is 1. The summed E-state index contributed by atoms with van der Waals surface area (Å²) in [6.45, 7) is 4.00. The molecule has 2 rings (SSSR count). The van der Waals surface area contributed by atoms with Crippen LogP contribution >= 0.6 is 11.3 Å². The maximum Gasteiger partial charge on any atom is 0.319 e. The first-order valence-corrected chi connectivity index (χ1v) is 7.27. The molecule has 0 spiro atoms. The summed E-state index contributed by atoms with van der Waals surface area (Å²) in [5.41, 5.74) is 6.95. The van der Waals surface area contributed by atoms with Gasteiger partial charge in [-0.3, -0.25) is 0 Å². The summed E-state index contributed by atoms with van der Waals surface area (Å²) in [6.07, 6.45) is 2.81. The van der Waals surface area contributed by atoms with E-state index in [-0.39, 0.29) is 12.1 Å². The van der Waals surface area contributed by atoms with E-state index in [0.29, 0.717) is 11.4 Å². The van der Waals surface area contributed by atoms with E-state index in [9.17, 15) is 4.79 Å². The quantitative estimate of drug-likeness (QED) is 0.757. The molecule has 1 atom stereocenters. The number of nitrogens with one attached hydrogen (secondary N) is 2. The predicted molar refractivity (Wildman–Crippen MR) is 82.9 cm³/mol. The van der Waals surface area contributed by atoms with E-state index in [4.69, 9.17) is 5.73 Å². The lowest BCUT2D eigenvalue weighted by molar-refractivity contribution is 0.249. The molecule has 1 heterocycles. The van der Waals surface area contributed by atoms with Crippen LogP contribution in [0.15, 0.2) is 30.5 Å². The van der Waals surface area contributed by atoms with Crippen molar-refractivity contribution in [2.75, 3.05) is 11.1 Å². The van der Waals surface area contributed by atoms with Crippen LogP contribution in [0.3, 0.4) is 0 Å². The van der Waals surface area contributed by atoms with Crippen molar-refractivity contribution in [1.82, 2.24) is 10.3 Å². The van der Waals surface area contributed by atoms with Crippen molar-refractivity contribution < 1.29 is 4.79 Å². The van der Waals surface area contributed by atoms with Gasteiger partial charge in [0.05, 0.1) is 6.04 Å². The van der Waals surface area contributed by atoms with Crippen molar-refractivity contribution in [1.29, 1.82) is 0 Å². The zero-order valence-electron chi connectivity index (χ0n) is 11.5. The Morgan fingerprint density at radius 3 is 2.95 bits per heavy atom. The molecule has 0 saturated heterocycles. The van der Waals surface area contributed by atoms with E-state index in [1.165, 1.54) is 4.88 Å². The molecule has 6 heteroatoms. The van der Waals surface area contributed by atoms with Crippen molar-refractivity contribution in [3.63, 3.8) is 0 Å². The fourth-order valence-corrected chi connectivity index (χ4v) is 2.59. The van der Waals surface area contributed by atoms with Gasteiger partial charge in [0.25, 0.3) is 0 Å². The maximum atomic E-state index is 11.9. The van der Waals surface area contributed by atoms with Crippen molar-refractivity contribution >= 4 is 28.7 Å². The summed E-state index contributed by atoms with van der Waals surface area (Å²) in [6, 6.07) is 6.68. The zero-order chi connectivity index (χ0) is 14.5. The van der Waals surface area contributed by atoms with Gasteiger partial charge in [-0.05, 0) is 31.5 Å². The molecular weight excluding hydrogens is 272 g/mol. The van der Waals surface area contributed by atoms with Crippen LogP contribution < -0.4 is 16.4 Å². The maximum absolute atomic E-state index is 11.9. The van der Waals surface area contributed by atoms with Crippen LogP contribution in [0.4, 0.5) is 16.2 Å². The van der Waals surface area contributed by atoms with Crippen molar-refractivity contribution in [2.24, 2.45) is 0 Å². The summed E-state index contributed by atoms with van der Waals surface area (Å²) in [4.78, 5) is 17.4. The second-order valence-corrected chi connectivity index (χ2v) is 5.61. The third kappa shape index (κ3) is 3.71. The number of aromatic nitrogens is 1. The smallest absolute Gasteiger partial charge is 0.319 e. The number of thiazole rings is 1. The van der Waals surface area contributed by atoms with Crippen LogP contribution in [0.1, 0.15) is 29.8 Å². The van der Waals surface area contributed by atoms with Gasteiger partial charge in [-0.1, -0.05) is 13.0 Å². The van der Waals surface area contributed by atoms with Gasteiger partial charge >= 0.3 is 6.03 Å². The van der Waals surface area contributed by atoms with Crippen LogP contribution in [0.25, 0.3) is 0 Å². The largest absolute Gasteiger partial charge is 0.399 e. The Morgan fingerprint density at radius 1 is 1.50 bits per heavy atom. The lowest BCUT2D eigenvalue weighted by Gasteiger charge is -2.12. The number of anilines is 2. The minimum atomic E-state index is -0.267. The molecule has 0 aliphatic heterocycles. The molecule has 106 valence electrons. The summed E-state index contributed by atoms with van der Waals surface area (Å²) < 4.78 is 0. The Labute approximate surface area is 122 Å². The molecule has 0 aliphatic rings. The third-order valence-electron chi connectivity index (χ3n) is 2.78. The Kier molecular flexibility index (Phi) is 4.57. The molecule has 1 unspecified atom stereocenters. The fourth-order valence-electron chi connectivity index (χ4n) is 1.73. The van der Waals surface area contributed by atoms with E-state index in [0.717, 1.165) is 11.4 Å². The van der Waals surface area contributed by atoms with Crippen LogP contribution in [0, 0.1) is 0 Å². The average molecular weight is 290 g/mol. The standard InChI is InChI=1S/C14H18N4OS/c1-3-12-8-16-13(20-12)9(2)17-14(19)18-11-6-4-5-10(15)7-11/h4-9H,3,15H2,1-2H3,(H2,17,18,19). The van der Waals surface area contributed by atoms with Gasteiger partial charge in [0.1, 0.15) is 5.01 Å². The van der Waals surface area contributed by atoms with Gasteiger partial charge in [0.15, 0.2) is 0 Å². The number of amides is 2. The topological polar surface area (TPSA) is 80.0 Å². The molecule has 1 aromatic heterocycles. The molecule has 0 aliphatic carbocycles. The summed E-state index contributed by atoms with van der Waals surface area (Å²) in [5, 5.41) is 6.52. The number of carbonyl (C=O) groups excluding carboxylic acids is 1. The molecule has 5 nitrogen and oxygen atoms in total. The fraction of sp³-hybridized carbons (Fsp3) is 0.286. The van der Waals surface area contributed by atoms with E-state index in [1.807, 2.05) is 13.1 Å². The summed E-state index contributed by atoms with van der Waals surface area (Å²) >= 11 is 1.62. The van der Waals surface area contributed by atoms with Gasteiger partial charge in [0.2, 0.25) is 0 Å². The number of carbonyl (C=O) groups is 1. The number of nitrogens with two attached hydrogens (primary N) is 1. The molecule has 0 fully saturated rings. The second kappa shape index (κ2) is 6.38. The lowest BCUT2D eigenvalue weighted by atomic mass is 10.3. The molecule has 20 heavy (non-hydrogen) atoms. The molecule has 2 aromatic rings. The van der Waals surface area contributed by atoms with E-state index < -0.39 is 0 Å². The monoisotopic (exact) mass is 290 g/mol. The lowest BCUT2D eigenvalue weighted by Crippen LogP contribution is -2.31. The SMILES string of the molecule is CCc1cnc(C(C)NC(=O)Nc2cccc(N)c2)s1. The predicted octanol–water partition coefficient (Wildman–Crippen LogP) is 3.17. The van der Waals surface area contributed by atoms with Crippen molar-refractivity contribution in [3.8, 4) is 0 Å². The number of rotatable bonds is 4. The summed E-state index contributed by atoms with van der Waals surface area (Å²) in [7, 11) is 0. The van der Waals surface area contributed by atoms with Gasteiger partial charge in [-0.2, -0.15) is 0 Å². The number of hydrogen-bond acceptors (Lipinski definition) is 4. The minimum absolute atomic E-state index is 0.124. The van der Waals surface area contributed by atoms with E-state index >= 15 is 0 Å². The van der Waals surface area contributed by atoms with E-state index in [2.05, 4.69) is 22.5 Å². The number of aryl methyl sites for hydroxylation is 1. The third-order valence-corrected chi connectivity index (χ3v) is 4.11. The zero-order valence-corrected chi connectivity index (χ0v) is 12.3. The minimum Gasteiger partial charge on any atom is -0.399 e. The first-order chi connectivity index (χ1) is 9.58. The number of nitrogen functional groups attached to an aromatic ring is 1. The number of nitrogens with zero attached hydrogens (tertiary/aromatic N) is 1. The average Bonchev–Trinajstić information content (AvgIpc) is 2.87. The van der Waals surface area contributed by atoms with E-state index in [1.54, 1.807) is 35.6 Å². The summed E-state index contributed by atoms with van der Waals surface area (Å²) in [5.74, 6) is 0. The van der Waals surface area contributed by atoms with Gasteiger partial charge < -0.3 is 16.4 Å². The molecule has 4 N–H and O–H groups in total. The highest BCUT2D eigenvalue weighted by Gasteiger charge is 2.13. The number of urea groups is 1. The van der Waals surface area contributed by atoms with Crippen LogP contribution in [0.2, 0.25) is 0 Å². The van der Waals surface area contributed by atoms with Gasteiger partial charge in [-0.15, -0.1) is 11.3 Å².